The standard InChI is InChI=1S/C9H10F2N2O/c1-9(13,8(12)14)5-3-2-4-6(10)7(5)11/h2-4H,13H2,1H3,(H2,12,14). The highest BCUT2D eigenvalue weighted by atomic mass is 19.2. The van der Waals surface area contributed by atoms with E-state index in [2.05, 4.69) is 0 Å². The van der Waals surface area contributed by atoms with E-state index in [0.29, 0.717) is 0 Å². The molecule has 1 amide bonds. The van der Waals surface area contributed by atoms with Gasteiger partial charge in [-0.1, -0.05) is 12.1 Å². The molecule has 0 saturated heterocycles. The second-order valence-electron chi connectivity index (χ2n) is 3.17. The molecular weight excluding hydrogens is 190 g/mol. The lowest BCUT2D eigenvalue weighted by Crippen LogP contribution is -2.47. The second kappa shape index (κ2) is 3.34. The molecule has 1 aromatic carbocycles. The first-order valence-electron chi connectivity index (χ1n) is 3.90. The topological polar surface area (TPSA) is 69.1 Å². The maximum absolute atomic E-state index is 13.2. The van der Waals surface area contributed by atoms with Gasteiger partial charge in [0.2, 0.25) is 5.91 Å². The van der Waals surface area contributed by atoms with Crippen LogP contribution in [-0.4, -0.2) is 5.91 Å². The molecule has 0 bridgehead atoms. The summed E-state index contributed by atoms with van der Waals surface area (Å²) in [6, 6.07) is 3.43. The van der Waals surface area contributed by atoms with E-state index in [4.69, 9.17) is 11.5 Å². The first-order valence-corrected chi connectivity index (χ1v) is 3.90. The molecule has 0 aliphatic carbocycles. The van der Waals surface area contributed by atoms with Crippen LogP contribution in [-0.2, 0) is 10.3 Å². The highest BCUT2D eigenvalue weighted by molar-refractivity contribution is 5.85. The maximum atomic E-state index is 13.2. The van der Waals surface area contributed by atoms with Crippen LogP contribution < -0.4 is 11.5 Å². The zero-order chi connectivity index (χ0) is 10.9. The molecule has 4 N–H and O–H groups in total. The van der Waals surface area contributed by atoms with E-state index in [0.717, 1.165) is 6.07 Å². The van der Waals surface area contributed by atoms with Crippen molar-refractivity contribution in [2.24, 2.45) is 11.5 Å². The molecule has 0 saturated carbocycles. The van der Waals surface area contributed by atoms with Gasteiger partial charge in [0, 0.05) is 5.56 Å². The van der Waals surface area contributed by atoms with Gasteiger partial charge in [0.05, 0.1) is 0 Å². The van der Waals surface area contributed by atoms with Gasteiger partial charge in [0.25, 0.3) is 0 Å². The van der Waals surface area contributed by atoms with E-state index in [1.54, 1.807) is 0 Å². The molecule has 0 spiro atoms. The van der Waals surface area contributed by atoms with Crippen LogP contribution in [0.5, 0.6) is 0 Å². The lowest BCUT2D eigenvalue weighted by atomic mass is 9.92. The number of carbonyl (C=O) groups is 1. The zero-order valence-electron chi connectivity index (χ0n) is 7.55. The quantitative estimate of drug-likeness (QED) is 0.734. The summed E-state index contributed by atoms with van der Waals surface area (Å²) in [4.78, 5) is 10.9. The Kier molecular flexibility index (Phi) is 2.53. The van der Waals surface area contributed by atoms with Gasteiger partial charge in [-0.3, -0.25) is 4.79 Å². The predicted molar refractivity (Wildman–Crippen MR) is 47.1 cm³/mol. The summed E-state index contributed by atoms with van der Waals surface area (Å²) in [6.45, 7) is 1.23. The second-order valence-corrected chi connectivity index (χ2v) is 3.17. The van der Waals surface area contributed by atoms with Gasteiger partial charge in [-0.2, -0.15) is 0 Å². The lowest BCUT2D eigenvalue weighted by Gasteiger charge is -2.21. The van der Waals surface area contributed by atoms with Crippen molar-refractivity contribution in [2.75, 3.05) is 0 Å². The minimum absolute atomic E-state index is 0.245. The van der Waals surface area contributed by atoms with E-state index < -0.39 is 23.1 Å². The third-order valence-electron chi connectivity index (χ3n) is 2.02. The van der Waals surface area contributed by atoms with Gasteiger partial charge in [-0.15, -0.1) is 0 Å². The number of halogens is 2. The Morgan fingerprint density at radius 3 is 2.50 bits per heavy atom. The van der Waals surface area contributed by atoms with Crippen LogP contribution in [0.1, 0.15) is 12.5 Å². The van der Waals surface area contributed by atoms with Crippen LogP contribution in [0.4, 0.5) is 8.78 Å². The molecule has 0 aliphatic rings. The van der Waals surface area contributed by atoms with Crippen molar-refractivity contribution in [3.63, 3.8) is 0 Å². The minimum Gasteiger partial charge on any atom is -0.368 e. The molecular formula is C9H10F2N2O. The summed E-state index contributed by atoms with van der Waals surface area (Å²) in [5.74, 6) is -3.11. The van der Waals surface area contributed by atoms with Gasteiger partial charge in [-0.25, -0.2) is 8.78 Å². The molecule has 1 unspecified atom stereocenters. The number of primary amides is 1. The molecule has 0 aliphatic heterocycles. The van der Waals surface area contributed by atoms with E-state index in [9.17, 15) is 13.6 Å². The number of benzene rings is 1. The van der Waals surface area contributed by atoms with E-state index in [1.165, 1.54) is 19.1 Å². The average molecular weight is 200 g/mol. The fraction of sp³-hybridized carbons (Fsp3) is 0.222. The SMILES string of the molecule is CC(N)(C(N)=O)c1cccc(F)c1F. The van der Waals surface area contributed by atoms with Gasteiger partial charge < -0.3 is 11.5 Å². The third-order valence-corrected chi connectivity index (χ3v) is 2.02. The first kappa shape index (κ1) is 10.6. The molecule has 5 heteroatoms. The summed E-state index contributed by atoms with van der Waals surface area (Å²) in [6.07, 6.45) is 0. The largest absolute Gasteiger partial charge is 0.368 e. The van der Waals surface area contributed by atoms with E-state index >= 15 is 0 Å². The molecule has 1 atom stereocenters. The van der Waals surface area contributed by atoms with Crippen LogP contribution in [0.2, 0.25) is 0 Å². The molecule has 0 aromatic heterocycles. The van der Waals surface area contributed by atoms with Crippen molar-refractivity contribution >= 4 is 5.91 Å². The van der Waals surface area contributed by atoms with Crippen molar-refractivity contribution in [3.05, 3.63) is 35.4 Å². The highest BCUT2D eigenvalue weighted by Crippen LogP contribution is 2.22. The number of nitrogens with two attached hydrogens (primary N) is 2. The molecule has 1 rings (SSSR count). The van der Waals surface area contributed by atoms with Crippen molar-refractivity contribution in [1.29, 1.82) is 0 Å². The molecule has 0 fully saturated rings. The van der Waals surface area contributed by atoms with Crippen molar-refractivity contribution < 1.29 is 13.6 Å². The summed E-state index contributed by atoms with van der Waals surface area (Å²) < 4.78 is 26.0. The fourth-order valence-corrected chi connectivity index (χ4v) is 1.04. The Morgan fingerprint density at radius 2 is 2.00 bits per heavy atom. The fourth-order valence-electron chi connectivity index (χ4n) is 1.04. The Bertz CT molecular complexity index is 377. The molecule has 14 heavy (non-hydrogen) atoms. The Hall–Kier alpha value is -1.49. The molecule has 3 nitrogen and oxygen atoms in total. The molecule has 76 valence electrons. The number of carbonyl (C=O) groups excluding carboxylic acids is 1. The smallest absolute Gasteiger partial charge is 0.241 e. The number of hydrogen-bond acceptors (Lipinski definition) is 2. The van der Waals surface area contributed by atoms with Crippen molar-refractivity contribution in [3.8, 4) is 0 Å². The molecule has 0 radical (unpaired) electrons. The van der Waals surface area contributed by atoms with Gasteiger partial charge in [0.1, 0.15) is 5.54 Å². The molecule has 0 heterocycles. The normalized spacial score (nSPS) is 14.9. The van der Waals surface area contributed by atoms with Crippen molar-refractivity contribution in [1.82, 2.24) is 0 Å². The van der Waals surface area contributed by atoms with Crippen LogP contribution in [0.3, 0.4) is 0 Å². The minimum atomic E-state index is -1.70. The van der Waals surface area contributed by atoms with Crippen LogP contribution >= 0.6 is 0 Å². The van der Waals surface area contributed by atoms with Crippen LogP contribution in [0.25, 0.3) is 0 Å². The number of rotatable bonds is 2. The number of hydrogen-bond donors (Lipinski definition) is 2. The van der Waals surface area contributed by atoms with E-state index in [1.807, 2.05) is 0 Å². The highest BCUT2D eigenvalue weighted by Gasteiger charge is 2.31. The summed E-state index contributed by atoms with van der Waals surface area (Å²) in [5.41, 5.74) is 8.49. The Morgan fingerprint density at radius 1 is 1.43 bits per heavy atom. The third kappa shape index (κ3) is 1.58. The Balaban J connectivity index is 3.33. The molecule has 1 aromatic rings. The summed E-state index contributed by atoms with van der Waals surface area (Å²) in [5, 5.41) is 0. The van der Waals surface area contributed by atoms with Gasteiger partial charge >= 0.3 is 0 Å². The predicted octanol–water partition coefficient (Wildman–Crippen LogP) is 0.624. The van der Waals surface area contributed by atoms with E-state index in [-0.39, 0.29) is 5.56 Å². The van der Waals surface area contributed by atoms with Crippen LogP contribution in [0.15, 0.2) is 18.2 Å². The lowest BCUT2D eigenvalue weighted by molar-refractivity contribution is -0.122. The summed E-state index contributed by atoms with van der Waals surface area (Å²) >= 11 is 0. The van der Waals surface area contributed by atoms with Gasteiger partial charge in [-0.05, 0) is 13.0 Å². The monoisotopic (exact) mass is 200 g/mol. The Labute approximate surface area is 79.7 Å². The zero-order valence-corrected chi connectivity index (χ0v) is 7.55. The number of amides is 1. The van der Waals surface area contributed by atoms with Crippen molar-refractivity contribution in [2.45, 2.75) is 12.5 Å². The first-order chi connectivity index (χ1) is 6.37. The van der Waals surface area contributed by atoms with Crippen LogP contribution in [0, 0.1) is 11.6 Å². The average Bonchev–Trinajstić information content (AvgIpc) is 2.09. The van der Waals surface area contributed by atoms with Gasteiger partial charge in [0.15, 0.2) is 11.6 Å². The maximum Gasteiger partial charge on any atom is 0.241 e. The summed E-state index contributed by atoms with van der Waals surface area (Å²) in [7, 11) is 0.